The van der Waals surface area contributed by atoms with Crippen molar-refractivity contribution in [2.24, 2.45) is 5.92 Å². The lowest BCUT2D eigenvalue weighted by molar-refractivity contribution is 0.0919. The molecule has 36 heavy (non-hydrogen) atoms. The molecule has 1 N–H and O–H groups in total. The van der Waals surface area contributed by atoms with Crippen molar-refractivity contribution in [1.29, 1.82) is 0 Å². The first-order chi connectivity index (χ1) is 17.7. The molecule has 2 aliphatic heterocycles. The molecule has 0 radical (unpaired) electrons. The molecule has 5 heteroatoms. The van der Waals surface area contributed by atoms with Crippen molar-refractivity contribution in [1.82, 2.24) is 15.2 Å². The lowest BCUT2D eigenvalue weighted by Crippen LogP contribution is -2.38. The Hall–Kier alpha value is -2.92. The molecule has 3 heterocycles. The van der Waals surface area contributed by atoms with Crippen molar-refractivity contribution >= 4 is 16.8 Å². The molecule has 1 saturated carbocycles. The highest BCUT2D eigenvalue weighted by atomic mass is 16.5. The van der Waals surface area contributed by atoms with Crippen LogP contribution in [0.25, 0.3) is 10.9 Å². The molecule has 6 rings (SSSR count). The summed E-state index contributed by atoms with van der Waals surface area (Å²) in [4.78, 5) is 19.8. The Morgan fingerprint density at radius 3 is 2.72 bits per heavy atom. The molecule has 1 aromatic heterocycles. The van der Waals surface area contributed by atoms with Crippen LogP contribution in [0.1, 0.15) is 72.3 Å². The Morgan fingerprint density at radius 1 is 1.00 bits per heavy atom. The van der Waals surface area contributed by atoms with E-state index in [1.807, 2.05) is 30.3 Å². The number of nitrogens with one attached hydrogen (secondary N) is 1. The summed E-state index contributed by atoms with van der Waals surface area (Å²) >= 11 is 0. The SMILES string of the molecule is O=C(NC1CCC(CCN2CCC(c3cccc4c3CCO4)CC2)CC1)c1ccc2ncccc2c1. The highest BCUT2D eigenvalue weighted by Crippen LogP contribution is 2.37. The average molecular weight is 484 g/mol. The van der Waals surface area contributed by atoms with Crippen LogP contribution in [0.5, 0.6) is 5.75 Å². The molecule has 2 fully saturated rings. The minimum atomic E-state index is 0.0442. The molecule has 2 aromatic carbocycles. The van der Waals surface area contributed by atoms with Crippen molar-refractivity contribution in [3.8, 4) is 5.75 Å². The summed E-state index contributed by atoms with van der Waals surface area (Å²) in [6.45, 7) is 4.48. The fraction of sp³-hybridized carbons (Fsp3) is 0.484. The lowest BCUT2D eigenvalue weighted by atomic mass is 9.83. The second-order valence-electron chi connectivity index (χ2n) is 10.9. The summed E-state index contributed by atoms with van der Waals surface area (Å²) in [6.07, 6.45) is 11.3. The van der Waals surface area contributed by atoms with Gasteiger partial charge in [-0.05, 0) is 112 Å². The smallest absolute Gasteiger partial charge is 0.251 e. The summed E-state index contributed by atoms with van der Waals surface area (Å²) in [5, 5.41) is 4.30. The van der Waals surface area contributed by atoms with Crippen LogP contribution in [0.4, 0.5) is 0 Å². The minimum absolute atomic E-state index is 0.0442. The van der Waals surface area contributed by atoms with Crippen LogP contribution >= 0.6 is 0 Å². The number of piperidine rings is 1. The second-order valence-corrected chi connectivity index (χ2v) is 10.9. The largest absolute Gasteiger partial charge is 0.493 e. The monoisotopic (exact) mass is 483 g/mol. The summed E-state index contributed by atoms with van der Waals surface area (Å²) in [5.74, 6) is 2.65. The van der Waals surface area contributed by atoms with Gasteiger partial charge in [0.2, 0.25) is 0 Å². The van der Waals surface area contributed by atoms with Gasteiger partial charge in [-0.25, -0.2) is 0 Å². The van der Waals surface area contributed by atoms with Gasteiger partial charge in [0, 0.05) is 35.2 Å². The molecule has 0 spiro atoms. The number of ether oxygens (including phenoxy) is 1. The van der Waals surface area contributed by atoms with Crippen LogP contribution in [0, 0.1) is 5.92 Å². The van der Waals surface area contributed by atoms with Crippen LogP contribution in [0.2, 0.25) is 0 Å². The van der Waals surface area contributed by atoms with E-state index >= 15 is 0 Å². The van der Waals surface area contributed by atoms with Crippen molar-refractivity contribution in [3.05, 3.63) is 71.4 Å². The Balaban J connectivity index is 0.928. The van der Waals surface area contributed by atoms with Crippen molar-refractivity contribution in [3.63, 3.8) is 0 Å². The number of rotatable bonds is 6. The summed E-state index contributed by atoms with van der Waals surface area (Å²) in [6, 6.07) is 16.6. The molecule has 188 valence electrons. The molecule has 1 aliphatic carbocycles. The van der Waals surface area contributed by atoms with E-state index in [9.17, 15) is 4.79 Å². The summed E-state index contributed by atoms with van der Waals surface area (Å²) in [5.41, 5.74) is 4.67. The molecule has 3 aromatic rings. The Bertz CT molecular complexity index is 1210. The fourth-order valence-corrected chi connectivity index (χ4v) is 6.54. The second kappa shape index (κ2) is 10.6. The number of pyridine rings is 1. The molecule has 0 unspecified atom stereocenters. The number of benzene rings is 2. The van der Waals surface area contributed by atoms with Gasteiger partial charge in [-0.2, -0.15) is 0 Å². The third kappa shape index (κ3) is 5.12. The van der Waals surface area contributed by atoms with E-state index in [0.717, 1.165) is 54.0 Å². The minimum Gasteiger partial charge on any atom is -0.493 e. The van der Waals surface area contributed by atoms with E-state index < -0.39 is 0 Å². The Kier molecular flexibility index (Phi) is 6.91. The molecule has 0 bridgehead atoms. The van der Waals surface area contributed by atoms with Crippen LogP contribution in [-0.2, 0) is 6.42 Å². The molecular formula is C31H37N3O2. The maximum absolute atomic E-state index is 12.8. The Labute approximate surface area is 214 Å². The third-order valence-corrected chi connectivity index (χ3v) is 8.71. The Morgan fingerprint density at radius 2 is 1.86 bits per heavy atom. The highest BCUT2D eigenvalue weighted by Gasteiger charge is 2.27. The van der Waals surface area contributed by atoms with Crippen LogP contribution in [0.15, 0.2) is 54.7 Å². The lowest BCUT2D eigenvalue weighted by Gasteiger charge is -2.35. The third-order valence-electron chi connectivity index (χ3n) is 8.71. The summed E-state index contributed by atoms with van der Waals surface area (Å²) < 4.78 is 5.79. The maximum Gasteiger partial charge on any atom is 0.251 e. The van der Waals surface area contributed by atoms with Gasteiger partial charge in [0.25, 0.3) is 5.91 Å². The number of hydrogen-bond acceptors (Lipinski definition) is 4. The maximum atomic E-state index is 12.8. The average Bonchev–Trinajstić information content (AvgIpc) is 3.42. The zero-order valence-corrected chi connectivity index (χ0v) is 21.1. The number of fused-ring (bicyclic) bond motifs is 2. The molecule has 0 atom stereocenters. The van der Waals surface area contributed by atoms with Gasteiger partial charge in [0.1, 0.15) is 5.75 Å². The number of carbonyl (C=O) groups excluding carboxylic acids is 1. The zero-order valence-electron chi connectivity index (χ0n) is 21.1. The molecule has 1 amide bonds. The highest BCUT2D eigenvalue weighted by molar-refractivity contribution is 5.98. The number of aromatic nitrogens is 1. The van der Waals surface area contributed by atoms with E-state index in [0.29, 0.717) is 12.0 Å². The number of carbonyl (C=O) groups is 1. The first-order valence-corrected chi connectivity index (χ1v) is 13.9. The quantitative estimate of drug-likeness (QED) is 0.487. The van der Waals surface area contributed by atoms with Gasteiger partial charge in [-0.1, -0.05) is 18.2 Å². The van der Waals surface area contributed by atoms with Crippen LogP contribution in [-0.4, -0.2) is 48.1 Å². The van der Waals surface area contributed by atoms with E-state index in [4.69, 9.17) is 4.74 Å². The van der Waals surface area contributed by atoms with Crippen molar-refractivity contribution in [2.75, 3.05) is 26.2 Å². The van der Waals surface area contributed by atoms with E-state index in [1.54, 1.807) is 11.8 Å². The van der Waals surface area contributed by atoms with E-state index in [1.165, 1.54) is 57.3 Å². The van der Waals surface area contributed by atoms with E-state index in [-0.39, 0.29) is 5.91 Å². The molecule has 3 aliphatic rings. The predicted molar refractivity (Wildman–Crippen MR) is 144 cm³/mol. The number of likely N-dealkylation sites (tertiary alicyclic amines) is 1. The first kappa shape index (κ1) is 23.5. The predicted octanol–water partition coefficient (Wildman–Crippen LogP) is 5.73. The van der Waals surface area contributed by atoms with E-state index in [2.05, 4.69) is 33.4 Å². The summed E-state index contributed by atoms with van der Waals surface area (Å²) in [7, 11) is 0. The molecular weight excluding hydrogens is 446 g/mol. The number of amides is 1. The van der Waals surface area contributed by atoms with Gasteiger partial charge in [0.05, 0.1) is 12.1 Å². The zero-order chi connectivity index (χ0) is 24.3. The number of nitrogens with zero attached hydrogens (tertiary/aromatic N) is 2. The van der Waals surface area contributed by atoms with Gasteiger partial charge in [-0.3, -0.25) is 9.78 Å². The topological polar surface area (TPSA) is 54.5 Å². The van der Waals surface area contributed by atoms with Crippen molar-refractivity contribution < 1.29 is 9.53 Å². The van der Waals surface area contributed by atoms with Gasteiger partial charge in [-0.15, -0.1) is 0 Å². The first-order valence-electron chi connectivity index (χ1n) is 13.9. The number of hydrogen-bond donors (Lipinski definition) is 1. The molecule has 1 saturated heterocycles. The van der Waals surface area contributed by atoms with Crippen LogP contribution in [0.3, 0.4) is 0 Å². The van der Waals surface area contributed by atoms with Gasteiger partial charge in [0.15, 0.2) is 0 Å². The van der Waals surface area contributed by atoms with Crippen LogP contribution < -0.4 is 10.1 Å². The van der Waals surface area contributed by atoms with Gasteiger partial charge >= 0.3 is 0 Å². The normalized spacial score (nSPS) is 22.8. The standard InChI is InChI=1S/C31H37N3O2/c35-31(25-8-11-29-24(21-25)3-2-16-32-29)33-26-9-6-22(7-10-26)12-17-34-18-13-23(14-19-34)27-4-1-5-30-28(27)15-20-36-30/h1-5,8,11,16,21-23,26H,6-7,9-10,12-15,17-20H2,(H,33,35). The van der Waals surface area contributed by atoms with Gasteiger partial charge < -0.3 is 15.0 Å². The van der Waals surface area contributed by atoms with Crippen molar-refractivity contribution in [2.45, 2.75) is 63.3 Å². The molecule has 5 nitrogen and oxygen atoms in total. The fourth-order valence-electron chi connectivity index (χ4n) is 6.54.